The number of likely N-dealkylation sites (tertiary alicyclic amines) is 1. The maximum absolute atomic E-state index is 12.4. The molecule has 4 heterocycles. The van der Waals surface area contributed by atoms with Gasteiger partial charge < -0.3 is 19.0 Å². The second-order valence-electron chi connectivity index (χ2n) is 6.46. The van der Waals surface area contributed by atoms with Gasteiger partial charge in [0.2, 0.25) is 5.91 Å². The van der Waals surface area contributed by atoms with Gasteiger partial charge in [-0.1, -0.05) is 6.07 Å². The van der Waals surface area contributed by atoms with E-state index in [1.54, 1.807) is 17.0 Å². The molecular weight excluding hydrogens is 332 g/mol. The lowest BCUT2D eigenvalue weighted by molar-refractivity contribution is -0.126. The molecule has 7 heteroatoms. The van der Waals surface area contributed by atoms with Crippen molar-refractivity contribution < 1.29 is 14.0 Å². The number of hydrogen-bond acceptors (Lipinski definition) is 4. The zero-order valence-electron chi connectivity index (χ0n) is 14.3. The molecule has 3 aromatic rings. The van der Waals surface area contributed by atoms with Gasteiger partial charge in [-0.05, 0) is 37.1 Å². The van der Waals surface area contributed by atoms with Crippen molar-refractivity contribution in [3.63, 3.8) is 0 Å². The van der Waals surface area contributed by atoms with E-state index >= 15 is 0 Å². The van der Waals surface area contributed by atoms with Crippen LogP contribution in [0.2, 0.25) is 0 Å². The molecule has 3 aromatic heterocycles. The first-order chi connectivity index (χ1) is 12.7. The molecule has 0 saturated carbocycles. The Hall–Kier alpha value is -3.09. The van der Waals surface area contributed by atoms with Gasteiger partial charge in [-0.15, -0.1) is 0 Å². The van der Waals surface area contributed by atoms with Gasteiger partial charge in [0.05, 0.1) is 18.5 Å². The van der Waals surface area contributed by atoms with Gasteiger partial charge in [0.25, 0.3) is 5.91 Å². The molecule has 0 spiro atoms. The number of nitrogens with zero attached hydrogens (tertiary/aromatic N) is 3. The molecule has 26 heavy (non-hydrogen) atoms. The molecule has 4 rings (SSSR count). The van der Waals surface area contributed by atoms with Gasteiger partial charge >= 0.3 is 0 Å². The number of hydrogen-bond donors (Lipinski definition) is 1. The first-order valence-electron chi connectivity index (χ1n) is 8.74. The van der Waals surface area contributed by atoms with Crippen LogP contribution in [0.4, 0.5) is 0 Å². The highest BCUT2D eigenvalue weighted by Gasteiger charge is 2.28. The number of carbonyl (C=O) groups is 2. The number of imidazole rings is 1. The summed E-state index contributed by atoms with van der Waals surface area (Å²) in [5.41, 5.74) is 1.69. The summed E-state index contributed by atoms with van der Waals surface area (Å²) in [6.45, 7) is 1.53. The predicted octanol–water partition coefficient (Wildman–Crippen LogP) is 2.10. The summed E-state index contributed by atoms with van der Waals surface area (Å²) in [6.07, 6.45) is 6.65. The van der Waals surface area contributed by atoms with Crippen molar-refractivity contribution in [3.05, 3.63) is 60.4 Å². The van der Waals surface area contributed by atoms with Gasteiger partial charge in [-0.2, -0.15) is 0 Å². The van der Waals surface area contributed by atoms with Gasteiger partial charge in [0, 0.05) is 31.4 Å². The fourth-order valence-corrected chi connectivity index (χ4v) is 3.30. The summed E-state index contributed by atoms with van der Waals surface area (Å²) in [4.78, 5) is 30.9. The zero-order valence-corrected chi connectivity index (χ0v) is 14.3. The third-order valence-electron chi connectivity index (χ3n) is 4.74. The van der Waals surface area contributed by atoms with Gasteiger partial charge in [0.1, 0.15) is 5.65 Å². The molecule has 0 bridgehead atoms. The number of furan rings is 1. The minimum absolute atomic E-state index is 0.0205. The molecule has 0 aromatic carbocycles. The molecule has 2 amide bonds. The number of piperidine rings is 1. The van der Waals surface area contributed by atoms with Crippen LogP contribution < -0.4 is 5.32 Å². The first-order valence-corrected chi connectivity index (χ1v) is 8.74. The van der Waals surface area contributed by atoms with Gasteiger partial charge in [0.15, 0.2) is 5.76 Å². The zero-order chi connectivity index (χ0) is 17.9. The van der Waals surface area contributed by atoms with Gasteiger partial charge in [-0.25, -0.2) is 4.98 Å². The molecule has 0 atom stereocenters. The largest absolute Gasteiger partial charge is 0.459 e. The predicted molar refractivity (Wildman–Crippen MR) is 94.4 cm³/mol. The fourth-order valence-electron chi connectivity index (χ4n) is 3.30. The quantitative estimate of drug-likeness (QED) is 0.780. The Labute approximate surface area is 150 Å². The van der Waals surface area contributed by atoms with Crippen molar-refractivity contribution in [1.29, 1.82) is 0 Å². The van der Waals surface area contributed by atoms with Crippen LogP contribution in [0.15, 0.2) is 53.4 Å². The van der Waals surface area contributed by atoms with Crippen molar-refractivity contribution in [3.8, 4) is 0 Å². The van der Waals surface area contributed by atoms with E-state index in [4.69, 9.17) is 4.42 Å². The Morgan fingerprint density at radius 1 is 1.19 bits per heavy atom. The topological polar surface area (TPSA) is 79.9 Å². The number of rotatable bonds is 4. The minimum Gasteiger partial charge on any atom is -0.459 e. The minimum atomic E-state index is -0.112. The van der Waals surface area contributed by atoms with Crippen molar-refractivity contribution in [2.24, 2.45) is 5.92 Å². The Kier molecular flexibility index (Phi) is 4.43. The highest BCUT2D eigenvalue weighted by Crippen LogP contribution is 2.19. The summed E-state index contributed by atoms with van der Waals surface area (Å²) in [5.74, 6) is 0.179. The van der Waals surface area contributed by atoms with Crippen LogP contribution in [-0.2, 0) is 11.3 Å². The number of fused-ring (bicyclic) bond motifs is 1. The Balaban J connectivity index is 1.29. The average molecular weight is 352 g/mol. The number of aromatic nitrogens is 2. The second-order valence-corrected chi connectivity index (χ2v) is 6.46. The number of nitrogens with one attached hydrogen (secondary N) is 1. The second kappa shape index (κ2) is 7.03. The molecule has 0 unspecified atom stereocenters. The third-order valence-corrected chi connectivity index (χ3v) is 4.74. The van der Waals surface area contributed by atoms with E-state index in [0.29, 0.717) is 38.2 Å². The molecule has 7 nitrogen and oxygen atoms in total. The lowest BCUT2D eigenvalue weighted by Crippen LogP contribution is -2.42. The van der Waals surface area contributed by atoms with E-state index in [9.17, 15) is 9.59 Å². The molecule has 1 N–H and O–H groups in total. The molecule has 134 valence electrons. The maximum atomic E-state index is 12.4. The highest BCUT2D eigenvalue weighted by atomic mass is 16.3. The third kappa shape index (κ3) is 3.33. The van der Waals surface area contributed by atoms with Crippen LogP contribution in [0.25, 0.3) is 5.65 Å². The lowest BCUT2D eigenvalue weighted by atomic mass is 9.95. The Morgan fingerprint density at radius 3 is 2.77 bits per heavy atom. The molecule has 0 radical (unpaired) electrons. The summed E-state index contributed by atoms with van der Waals surface area (Å²) in [6, 6.07) is 9.16. The van der Waals surface area contributed by atoms with E-state index < -0.39 is 0 Å². The fraction of sp³-hybridized carbons (Fsp3) is 0.316. The number of pyridine rings is 1. The van der Waals surface area contributed by atoms with E-state index in [0.717, 1.165) is 11.3 Å². The maximum Gasteiger partial charge on any atom is 0.289 e. The molecular formula is C19H20N4O3. The SMILES string of the molecule is O=C(NCc1cn2ccccc2n1)C1CCN(C(=O)c2ccco2)CC1. The van der Waals surface area contributed by atoms with E-state index in [1.807, 2.05) is 35.0 Å². The molecule has 0 aliphatic carbocycles. The number of carbonyl (C=O) groups excluding carboxylic acids is 2. The van der Waals surface area contributed by atoms with Crippen LogP contribution in [0.1, 0.15) is 29.1 Å². The van der Waals surface area contributed by atoms with E-state index in [1.165, 1.54) is 6.26 Å². The smallest absolute Gasteiger partial charge is 0.289 e. The first kappa shape index (κ1) is 16.4. The standard InChI is InChI=1S/C19H20N4O3/c24-18(20-12-15-13-23-8-2-1-5-17(23)21-15)14-6-9-22(10-7-14)19(25)16-4-3-11-26-16/h1-5,8,11,13-14H,6-7,9-10,12H2,(H,20,24). The highest BCUT2D eigenvalue weighted by molar-refractivity contribution is 5.91. The van der Waals surface area contributed by atoms with Crippen LogP contribution in [-0.4, -0.2) is 39.2 Å². The van der Waals surface area contributed by atoms with Crippen molar-refractivity contribution in [2.45, 2.75) is 19.4 Å². The van der Waals surface area contributed by atoms with Gasteiger partial charge in [-0.3, -0.25) is 9.59 Å². The van der Waals surface area contributed by atoms with Crippen molar-refractivity contribution >= 4 is 17.5 Å². The molecule has 1 fully saturated rings. The Bertz CT molecular complexity index is 875. The van der Waals surface area contributed by atoms with Crippen molar-refractivity contribution in [1.82, 2.24) is 19.6 Å². The van der Waals surface area contributed by atoms with Crippen LogP contribution in [0.5, 0.6) is 0 Å². The van der Waals surface area contributed by atoms with Crippen molar-refractivity contribution in [2.75, 3.05) is 13.1 Å². The Morgan fingerprint density at radius 2 is 2.04 bits per heavy atom. The summed E-state index contributed by atoms with van der Waals surface area (Å²) < 4.78 is 7.09. The molecule has 1 aliphatic rings. The summed E-state index contributed by atoms with van der Waals surface area (Å²) in [5, 5.41) is 2.96. The lowest BCUT2D eigenvalue weighted by Gasteiger charge is -2.30. The molecule has 1 aliphatic heterocycles. The molecule has 1 saturated heterocycles. The normalized spacial score (nSPS) is 15.3. The van der Waals surface area contributed by atoms with Crippen LogP contribution in [0.3, 0.4) is 0 Å². The summed E-state index contributed by atoms with van der Waals surface area (Å²) in [7, 11) is 0. The average Bonchev–Trinajstić information content (AvgIpc) is 3.35. The van der Waals surface area contributed by atoms with E-state index in [-0.39, 0.29) is 17.7 Å². The van der Waals surface area contributed by atoms with Crippen LogP contribution in [0, 0.1) is 5.92 Å². The monoisotopic (exact) mass is 352 g/mol. The van der Waals surface area contributed by atoms with E-state index in [2.05, 4.69) is 10.3 Å². The van der Waals surface area contributed by atoms with Crippen LogP contribution >= 0.6 is 0 Å². The summed E-state index contributed by atoms with van der Waals surface area (Å²) >= 11 is 0. The number of amides is 2.